The van der Waals surface area contributed by atoms with E-state index in [9.17, 15) is 0 Å². The largest absolute Gasteiger partial charge is 0.396 e. The molecule has 15 heavy (non-hydrogen) atoms. The van der Waals surface area contributed by atoms with Gasteiger partial charge in [-0.2, -0.15) is 0 Å². The van der Waals surface area contributed by atoms with Crippen molar-refractivity contribution in [1.29, 1.82) is 0 Å². The van der Waals surface area contributed by atoms with E-state index in [4.69, 9.17) is 5.11 Å². The number of benzene rings is 1. The normalized spacial score (nSPS) is 12.7. The summed E-state index contributed by atoms with van der Waals surface area (Å²) in [6, 6.07) is 8.62. The Morgan fingerprint density at radius 3 is 2.40 bits per heavy atom. The molecule has 0 aliphatic carbocycles. The Balaban J connectivity index is 2.65. The minimum Gasteiger partial charge on any atom is -0.396 e. The van der Waals surface area contributed by atoms with E-state index < -0.39 is 0 Å². The zero-order chi connectivity index (χ0) is 11.1. The Labute approximate surface area is 92.3 Å². The zero-order valence-electron chi connectivity index (χ0n) is 9.66. The van der Waals surface area contributed by atoms with E-state index in [1.165, 1.54) is 11.1 Å². The number of aliphatic hydroxyl groups excluding tert-OH is 1. The van der Waals surface area contributed by atoms with Crippen LogP contribution in [0.4, 0.5) is 0 Å². The Morgan fingerprint density at radius 1 is 1.20 bits per heavy atom. The number of nitrogens with one attached hydrogen (secondary N) is 1. The van der Waals surface area contributed by atoms with E-state index in [1.54, 1.807) is 0 Å². The van der Waals surface area contributed by atoms with E-state index in [0.717, 1.165) is 19.4 Å². The second-order valence-electron chi connectivity index (χ2n) is 4.01. The molecule has 0 aromatic heterocycles. The topological polar surface area (TPSA) is 32.3 Å². The number of hydrogen-bond acceptors (Lipinski definition) is 2. The van der Waals surface area contributed by atoms with Crippen LogP contribution in [0.5, 0.6) is 0 Å². The molecule has 0 aliphatic rings. The van der Waals surface area contributed by atoms with Gasteiger partial charge in [0, 0.05) is 6.61 Å². The van der Waals surface area contributed by atoms with Crippen molar-refractivity contribution in [3.63, 3.8) is 0 Å². The predicted octanol–water partition coefficient (Wildman–Crippen LogP) is 2.07. The highest BCUT2D eigenvalue weighted by atomic mass is 16.3. The van der Waals surface area contributed by atoms with Gasteiger partial charge in [-0.15, -0.1) is 0 Å². The van der Waals surface area contributed by atoms with Crippen molar-refractivity contribution in [2.24, 2.45) is 0 Å². The fourth-order valence-electron chi connectivity index (χ4n) is 1.79. The second kappa shape index (κ2) is 6.59. The third-order valence-corrected chi connectivity index (χ3v) is 2.77. The lowest BCUT2D eigenvalue weighted by Crippen LogP contribution is -2.13. The minimum atomic E-state index is 0.266. The van der Waals surface area contributed by atoms with Crippen LogP contribution in [-0.4, -0.2) is 25.3 Å². The van der Waals surface area contributed by atoms with E-state index in [0.29, 0.717) is 5.92 Å². The minimum absolute atomic E-state index is 0.266. The molecule has 2 heteroatoms. The van der Waals surface area contributed by atoms with E-state index >= 15 is 0 Å². The smallest absolute Gasteiger partial charge is 0.0436 e. The monoisotopic (exact) mass is 207 g/mol. The van der Waals surface area contributed by atoms with Crippen LogP contribution in [0, 0.1) is 6.92 Å². The van der Waals surface area contributed by atoms with Gasteiger partial charge in [-0.05, 0) is 44.8 Å². The van der Waals surface area contributed by atoms with Gasteiger partial charge in [0.2, 0.25) is 0 Å². The molecule has 84 valence electrons. The van der Waals surface area contributed by atoms with Gasteiger partial charge in [-0.1, -0.05) is 29.8 Å². The quantitative estimate of drug-likeness (QED) is 0.748. The number of aryl methyl sites for hydroxylation is 1. The summed E-state index contributed by atoms with van der Waals surface area (Å²) in [5.41, 5.74) is 2.63. The van der Waals surface area contributed by atoms with Crippen LogP contribution in [0.3, 0.4) is 0 Å². The van der Waals surface area contributed by atoms with Gasteiger partial charge < -0.3 is 10.4 Å². The molecule has 1 aromatic carbocycles. The van der Waals surface area contributed by atoms with Crippen molar-refractivity contribution in [2.45, 2.75) is 25.7 Å². The predicted molar refractivity (Wildman–Crippen MR) is 64.2 cm³/mol. The van der Waals surface area contributed by atoms with Crippen LogP contribution >= 0.6 is 0 Å². The Hall–Kier alpha value is -0.860. The fraction of sp³-hybridized carbons (Fsp3) is 0.538. The molecule has 0 fully saturated rings. The summed E-state index contributed by atoms with van der Waals surface area (Å²) in [4.78, 5) is 0. The summed E-state index contributed by atoms with van der Waals surface area (Å²) in [7, 11) is 1.96. The lowest BCUT2D eigenvalue weighted by molar-refractivity contribution is 0.272. The highest BCUT2D eigenvalue weighted by molar-refractivity contribution is 5.24. The van der Waals surface area contributed by atoms with Crippen molar-refractivity contribution in [2.75, 3.05) is 20.2 Å². The number of aliphatic hydroxyl groups is 1. The van der Waals surface area contributed by atoms with Crippen molar-refractivity contribution >= 4 is 0 Å². The maximum absolute atomic E-state index is 9.03. The lowest BCUT2D eigenvalue weighted by atomic mass is 9.92. The van der Waals surface area contributed by atoms with Crippen LogP contribution in [0.2, 0.25) is 0 Å². The number of hydrogen-bond donors (Lipinski definition) is 2. The molecule has 2 N–H and O–H groups in total. The molecule has 0 heterocycles. The molecule has 0 amide bonds. The summed E-state index contributed by atoms with van der Waals surface area (Å²) in [5, 5.41) is 12.2. The van der Waals surface area contributed by atoms with Gasteiger partial charge in [0.25, 0.3) is 0 Å². The first-order chi connectivity index (χ1) is 7.27. The molecular weight excluding hydrogens is 186 g/mol. The van der Waals surface area contributed by atoms with Crippen LogP contribution in [0.1, 0.15) is 29.9 Å². The van der Waals surface area contributed by atoms with Crippen molar-refractivity contribution in [3.05, 3.63) is 35.4 Å². The molecule has 1 atom stereocenters. The molecule has 0 aliphatic heterocycles. The van der Waals surface area contributed by atoms with Gasteiger partial charge in [0.05, 0.1) is 0 Å². The highest BCUT2D eigenvalue weighted by Gasteiger charge is 2.09. The van der Waals surface area contributed by atoms with Crippen molar-refractivity contribution < 1.29 is 5.11 Å². The summed E-state index contributed by atoms with van der Waals surface area (Å²) >= 11 is 0. The zero-order valence-corrected chi connectivity index (χ0v) is 9.66. The molecule has 0 saturated heterocycles. The van der Waals surface area contributed by atoms with Crippen LogP contribution in [0.25, 0.3) is 0 Å². The third-order valence-electron chi connectivity index (χ3n) is 2.77. The molecule has 0 spiro atoms. The average Bonchev–Trinajstić information content (AvgIpc) is 2.25. The van der Waals surface area contributed by atoms with Crippen molar-refractivity contribution in [3.8, 4) is 0 Å². The van der Waals surface area contributed by atoms with Gasteiger partial charge in [0.1, 0.15) is 0 Å². The Morgan fingerprint density at radius 2 is 1.87 bits per heavy atom. The molecule has 0 saturated carbocycles. The average molecular weight is 207 g/mol. The maximum atomic E-state index is 9.03. The van der Waals surface area contributed by atoms with Gasteiger partial charge in [-0.25, -0.2) is 0 Å². The first-order valence-electron chi connectivity index (χ1n) is 5.60. The van der Waals surface area contributed by atoms with Gasteiger partial charge >= 0.3 is 0 Å². The molecule has 0 bridgehead atoms. The van der Waals surface area contributed by atoms with Gasteiger partial charge in [-0.3, -0.25) is 0 Å². The van der Waals surface area contributed by atoms with E-state index in [1.807, 2.05) is 7.05 Å². The Bertz CT molecular complexity index is 268. The fourth-order valence-corrected chi connectivity index (χ4v) is 1.79. The van der Waals surface area contributed by atoms with Crippen molar-refractivity contribution in [1.82, 2.24) is 5.32 Å². The van der Waals surface area contributed by atoms with Crippen LogP contribution in [-0.2, 0) is 0 Å². The lowest BCUT2D eigenvalue weighted by Gasteiger charge is -2.16. The number of rotatable bonds is 6. The molecule has 1 unspecified atom stereocenters. The summed E-state index contributed by atoms with van der Waals surface area (Å²) < 4.78 is 0. The summed E-state index contributed by atoms with van der Waals surface area (Å²) in [5.74, 6) is 0.475. The first-order valence-corrected chi connectivity index (χ1v) is 5.60. The molecular formula is C13H21NO. The third kappa shape index (κ3) is 4.02. The van der Waals surface area contributed by atoms with Crippen LogP contribution < -0.4 is 5.32 Å². The first kappa shape index (κ1) is 12.2. The Kier molecular flexibility index (Phi) is 5.37. The second-order valence-corrected chi connectivity index (χ2v) is 4.01. The van der Waals surface area contributed by atoms with E-state index in [-0.39, 0.29) is 6.61 Å². The van der Waals surface area contributed by atoms with E-state index in [2.05, 4.69) is 36.5 Å². The standard InChI is InChI=1S/C13H21NO/c1-11-3-5-12(6-4-11)13(8-10-15)7-9-14-2/h3-6,13-15H,7-10H2,1-2H3. The SMILES string of the molecule is CNCCC(CCO)c1ccc(C)cc1. The summed E-state index contributed by atoms with van der Waals surface area (Å²) in [6.45, 7) is 3.36. The summed E-state index contributed by atoms with van der Waals surface area (Å²) in [6.07, 6.45) is 1.94. The highest BCUT2D eigenvalue weighted by Crippen LogP contribution is 2.22. The molecule has 1 rings (SSSR count). The van der Waals surface area contributed by atoms with Gasteiger partial charge in [0.15, 0.2) is 0 Å². The molecule has 1 aromatic rings. The van der Waals surface area contributed by atoms with Crippen LogP contribution in [0.15, 0.2) is 24.3 Å². The maximum Gasteiger partial charge on any atom is 0.0436 e. The molecule has 2 nitrogen and oxygen atoms in total. The molecule has 0 radical (unpaired) electrons.